The highest BCUT2D eigenvalue weighted by Crippen LogP contribution is 2.22. The number of nitrogens with zero attached hydrogens (tertiary/aromatic N) is 2. The van der Waals surface area contributed by atoms with Crippen LogP contribution in [0.2, 0.25) is 0 Å². The second kappa shape index (κ2) is 8.75. The standard InChI is InChI=1S/C17H17FN4O6S/c1-11(23)19-12-3-6-14(7-4-12)29(27,28)21(2)10-17(24)20-16-9-13(22(25)26)5-8-15(16)18/h3-9H,10H2,1-2H3,(H,19,23)(H,20,24). The third-order valence-corrected chi connectivity index (χ3v) is 5.50. The van der Waals surface area contributed by atoms with E-state index in [2.05, 4.69) is 10.6 Å². The molecular formula is C17H17FN4O6S. The Hall–Kier alpha value is -3.38. The molecule has 0 bridgehead atoms. The van der Waals surface area contributed by atoms with E-state index in [0.29, 0.717) is 5.69 Å². The number of nitrogens with one attached hydrogen (secondary N) is 2. The van der Waals surface area contributed by atoms with Crippen molar-refractivity contribution in [1.29, 1.82) is 0 Å². The summed E-state index contributed by atoms with van der Waals surface area (Å²) in [5, 5.41) is 15.4. The van der Waals surface area contributed by atoms with Gasteiger partial charge in [0.1, 0.15) is 5.82 Å². The molecular weight excluding hydrogens is 407 g/mol. The summed E-state index contributed by atoms with van der Waals surface area (Å²) in [6.07, 6.45) is 0. The molecule has 0 heterocycles. The van der Waals surface area contributed by atoms with Crippen LogP contribution in [0.1, 0.15) is 6.92 Å². The number of nitro benzene ring substituents is 1. The van der Waals surface area contributed by atoms with Gasteiger partial charge in [0.15, 0.2) is 0 Å². The number of nitro groups is 1. The minimum atomic E-state index is -4.05. The molecule has 0 aliphatic heterocycles. The second-order valence-electron chi connectivity index (χ2n) is 5.94. The molecule has 0 unspecified atom stereocenters. The average Bonchev–Trinajstić information content (AvgIpc) is 2.63. The van der Waals surface area contributed by atoms with Crippen LogP contribution >= 0.6 is 0 Å². The van der Waals surface area contributed by atoms with E-state index in [1.165, 1.54) is 31.2 Å². The van der Waals surface area contributed by atoms with Gasteiger partial charge in [-0.25, -0.2) is 12.8 Å². The monoisotopic (exact) mass is 424 g/mol. The van der Waals surface area contributed by atoms with E-state index < -0.39 is 44.6 Å². The zero-order chi connectivity index (χ0) is 21.8. The van der Waals surface area contributed by atoms with Gasteiger partial charge in [-0.1, -0.05) is 0 Å². The van der Waals surface area contributed by atoms with Gasteiger partial charge in [0.25, 0.3) is 5.69 Å². The molecule has 0 aliphatic rings. The third kappa shape index (κ3) is 5.56. The fraction of sp³-hybridized carbons (Fsp3) is 0.176. The second-order valence-corrected chi connectivity index (χ2v) is 7.98. The first-order valence-corrected chi connectivity index (χ1v) is 9.52. The average molecular weight is 424 g/mol. The molecule has 2 aromatic carbocycles. The number of rotatable bonds is 7. The highest BCUT2D eigenvalue weighted by molar-refractivity contribution is 7.89. The number of non-ortho nitro benzene ring substituents is 1. The molecule has 154 valence electrons. The van der Waals surface area contributed by atoms with Crippen LogP contribution in [0.5, 0.6) is 0 Å². The minimum absolute atomic E-state index is 0.122. The largest absolute Gasteiger partial charge is 0.326 e. The summed E-state index contributed by atoms with van der Waals surface area (Å²) in [5.41, 5.74) is -0.463. The van der Waals surface area contributed by atoms with Crippen LogP contribution in [0.4, 0.5) is 21.5 Å². The molecule has 29 heavy (non-hydrogen) atoms. The third-order valence-electron chi connectivity index (χ3n) is 3.68. The molecule has 0 atom stereocenters. The van der Waals surface area contributed by atoms with Crippen LogP contribution < -0.4 is 10.6 Å². The van der Waals surface area contributed by atoms with Crippen molar-refractivity contribution in [3.63, 3.8) is 0 Å². The maximum atomic E-state index is 13.8. The van der Waals surface area contributed by atoms with Gasteiger partial charge in [-0.3, -0.25) is 19.7 Å². The molecule has 0 aliphatic carbocycles. The molecule has 0 radical (unpaired) electrons. The van der Waals surface area contributed by atoms with E-state index in [4.69, 9.17) is 0 Å². The van der Waals surface area contributed by atoms with E-state index in [9.17, 15) is 32.5 Å². The Morgan fingerprint density at radius 3 is 2.31 bits per heavy atom. The Bertz CT molecular complexity index is 1060. The van der Waals surface area contributed by atoms with Gasteiger partial charge in [0.2, 0.25) is 21.8 Å². The van der Waals surface area contributed by atoms with Gasteiger partial charge in [0, 0.05) is 31.8 Å². The summed E-state index contributed by atoms with van der Waals surface area (Å²) in [5.74, 6) is -2.10. The lowest BCUT2D eigenvalue weighted by molar-refractivity contribution is -0.384. The predicted molar refractivity (Wildman–Crippen MR) is 102 cm³/mol. The number of carbonyl (C=O) groups is 2. The molecule has 2 aromatic rings. The van der Waals surface area contributed by atoms with Crippen molar-refractivity contribution in [2.45, 2.75) is 11.8 Å². The zero-order valence-corrected chi connectivity index (χ0v) is 16.2. The van der Waals surface area contributed by atoms with Gasteiger partial charge >= 0.3 is 0 Å². The summed E-state index contributed by atoms with van der Waals surface area (Å²) in [7, 11) is -2.89. The molecule has 2 rings (SSSR count). The number of hydrogen-bond donors (Lipinski definition) is 2. The lowest BCUT2D eigenvalue weighted by Gasteiger charge is -2.17. The van der Waals surface area contributed by atoms with Gasteiger partial charge in [-0.15, -0.1) is 0 Å². The first-order valence-electron chi connectivity index (χ1n) is 8.08. The van der Waals surface area contributed by atoms with E-state index in [0.717, 1.165) is 29.6 Å². The summed E-state index contributed by atoms with van der Waals surface area (Å²) < 4.78 is 39.6. The molecule has 2 amide bonds. The zero-order valence-electron chi connectivity index (χ0n) is 15.4. The highest BCUT2D eigenvalue weighted by atomic mass is 32.2. The van der Waals surface area contributed by atoms with Crippen LogP contribution in [-0.4, -0.2) is 43.1 Å². The topological polar surface area (TPSA) is 139 Å². The SMILES string of the molecule is CC(=O)Nc1ccc(S(=O)(=O)N(C)CC(=O)Nc2cc([N+](=O)[O-])ccc2F)cc1. The Balaban J connectivity index is 2.11. The molecule has 0 saturated heterocycles. The summed E-state index contributed by atoms with van der Waals surface area (Å²) in [6, 6.07) is 7.89. The fourth-order valence-electron chi connectivity index (χ4n) is 2.29. The first-order chi connectivity index (χ1) is 13.5. The number of anilines is 2. The molecule has 2 N–H and O–H groups in total. The minimum Gasteiger partial charge on any atom is -0.326 e. The number of benzene rings is 2. The van der Waals surface area contributed by atoms with Crippen molar-refractivity contribution in [3.8, 4) is 0 Å². The smallest absolute Gasteiger partial charge is 0.271 e. The Labute approximate surface area is 165 Å². The van der Waals surface area contributed by atoms with Crippen LogP contribution in [0.15, 0.2) is 47.4 Å². The number of carbonyl (C=O) groups excluding carboxylic acids is 2. The van der Waals surface area contributed by atoms with E-state index in [-0.39, 0.29) is 10.8 Å². The van der Waals surface area contributed by atoms with E-state index in [1.54, 1.807) is 0 Å². The fourth-order valence-corrected chi connectivity index (χ4v) is 3.42. The normalized spacial score (nSPS) is 11.2. The van der Waals surface area contributed by atoms with Gasteiger partial charge in [-0.2, -0.15) is 4.31 Å². The van der Waals surface area contributed by atoms with Crippen molar-refractivity contribution < 1.29 is 27.3 Å². The Morgan fingerprint density at radius 2 is 1.76 bits per heavy atom. The predicted octanol–water partition coefficient (Wildman–Crippen LogP) is 1.95. The number of likely N-dealkylation sites (N-methyl/N-ethyl adjacent to an activating group) is 1. The van der Waals surface area contributed by atoms with Crippen molar-refractivity contribution in [1.82, 2.24) is 4.31 Å². The molecule has 12 heteroatoms. The van der Waals surface area contributed by atoms with Crippen LogP contribution in [0.25, 0.3) is 0 Å². The van der Waals surface area contributed by atoms with E-state index in [1.807, 2.05) is 0 Å². The van der Waals surface area contributed by atoms with Crippen molar-refractivity contribution in [2.75, 3.05) is 24.2 Å². The lowest BCUT2D eigenvalue weighted by Crippen LogP contribution is -2.35. The van der Waals surface area contributed by atoms with Crippen LogP contribution in [0, 0.1) is 15.9 Å². The molecule has 0 fully saturated rings. The number of halogens is 1. The van der Waals surface area contributed by atoms with Gasteiger partial charge < -0.3 is 10.6 Å². The maximum absolute atomic E-state index is 13.8. The summed E-state index contributed by atoms with van der Waals surface area (Å²) >= 11 is 0. The van der Waals surface area contributed by atoms with Crippen molar-refractivity contribution in [2.24, 2.45) is 0 Å². The number of amides is 2. The first kappa shape index (κ1) is 21.9. The van der Waals surface area contributed by atoms with Crippen molar-refractivity contribution >= 4 is 38.9 Å². The number of hydrogen-bond acceptors (Lipinski definition) is 6. The van der Waals surface area contributed by atoms with Crippen molar-refractivity contribution in [3.05, 3.63) is 58.4 Å². The van der Waals surface area contributed by atoms with E-state index >= 15 is 0 Å². The van der Waals surface area contributed by atoms with Crippen LogP contribution in [-0.2, 0) is 19.6 Å². The number of sulfonamides is 1. The summed E-state index contributed by atoms with van der Waals surface area (Å²) in [4.78, 5) is 33.0. The Morgan fingerprint density at radius 1 is 1.14 bits per heavy atom. The molecule has 0 aromatic heterocycles. The molecule has 10 nitrogen and oxygen atoms in total. The van der Waals surface area contributed by atoms with Gasteiger partial charge in [0.05, 0.1) is 22.1 Å². The highest BCUT2D eigenvalue weighted by Gasteiger charge is 2.23. The lowest BCUT2D eigenvalue weighted by atomic mass is 10.2. The van der Waals surface area contributed by atoms with Gasteiger partial charge in [-0.05, 0) is 30.3 Å². The molecule has 0 saturated carbocycles. The quantitative estimate of drug-likeness (QED) is 0.514. The summed E-state index contributed by atoms with van der Waals surface area (Å²) in [6.45, 7) is 0.652. The molecule has 0 spiro atoms. The maximum Gasteiger partial charge on any atom is 0.271 e. The van der Waals surface area contributed by atoms with Crippen LogP contribution in [0.3, 0.4) is 0 Å². The Kier molecular flexibility index (Phi) is 6.61.